The van der Waals surface area contributed by atoms with Crippen LogP contribution in [0.5, 0.6) is 0 Å². The summed E-state index contributed by atoms with van der Waals surface area (Å²) >= 11 is 0. The Morgan fingerprint density at radius 1 is 1.14 bits per heavy atom. The SMILES string of the molecule is C=C1\C=C/C(c2c[nH]nc2-c2cccc(C)n2)=C/C=C/C1=C/C(=C\C)C1=NCC2=CC(=C1)CNCC2. The molecule has 1 aliphatic carbocycles. The number of allylic oxidation sites excluding steroid dienone is 12. The molecule has 0 fully saturated rings. The van der Waals surface area contributed by atoms with E-state index in [-0.39, 0.29) is 0 Å². The molecule has 4 heterocycles. The van der Waals surface area contributed by atoms with Crippen LogP contribution in [0.2, 0.25) is 0 Å². The average Bonchev–Trinajstić information content (AvgIpc) is 3.13. The Hall–Kier alpha value is -4.09. The van der Waals surface area contributed by atoms with E-state index in [0.29, 0.717) is 0 Å². The normalized spacial score (nSPS) is 22.8. The van der Waals surface area contributed by atoms with Gasteiger partial charge in [0.15, 0.2) is 0 Å². The van der Waals surface area contributed by atoms with Gasteiger partial charge in [-0.1, -0.05) is 55.2 Å². The lowest BCUT2D eigenvalue weighted by Crippen LogP contribution is -2.17. The number of aryl methyl sites for hydroxylation is 1. The summed E-state index contributed by atoms with van der Waals surface area (Å²) in [4.78, 5) is 9.58. The van der Waals surface area contributed by atoms with Crippen LogP contribution < -0.4 is 5.32 Å². The average molecular weight is 474 g/mol. The standard InChI is InChI=1S/C31H31N5/c1-4-25(30-16-24-15-23(19-33-30)13-14-32-18-24)17-27-9-6-8-26(12-11-21(27)2)28-20-34-36-31(28)29-10-5-7-22(3)35-29/h4-12,15-17,20,32H,2,13-14,18-19H2,1,3H3,(H,34,36)/b9-6+,12-11-,25-4+,26-8-,27-17-. The summed E-state index contributed by atoms with van der Waals surface area (Å²) < 4.78 is 0. The van der Waals surface area contributed by atoms with Crippen LogP contribution in [0.1, 0.15) is 24.6 Å². The molecule has 0 unspecified atom stereocenters. The van der Waals surface area contributed by atoms with Crippen molar-refractivity contribution in [1.82, 2.24) is 20.5 Å². The van der Waals surface area contributed by atoms with Gasteiger partial charge in [0.2, 0.25) is 0 Å². The molecule has 0 aromatic carbocycles. The van der Waals surface area contributed by atoms with E-state index >= 15 is 0 Å². The van der Waals surface area contributed by atoms with Crippen LogP contribution in [0.25, 0.3) is 17.0 Å². The van der Waals surface area contributed by atoms with Gasteiger partial charge in [0.25, 0.3) is 0 Å². The van der Waals surface area contributed by atoms with Gasteiger partial charge in [-0.15, -0.1) is 0 Å². The lowest BCUT2D eigenvalue weighted by Gasteiger charge is -2.11. The van der Waals surface area contributed by atoms with Crippen LogP contribution in [0.15, 0.2) is 119 Å². The predicted molar refractivity (Wildman–Crippen MR) is 150 cm³/mol. The van der Waals surface area contributed by atoms with Crippen molar-refractivity contribution in [2.45, 2.75) is 20.3 Å². The number of aromatic nitrogens is 3. The van der Waals surface area contributed by atoms with Gasteiger partial charge in [-0.3, -0.25) is 15.1 Å². The molecule has 36 heavy (non-hydrogen) atoms. The summed E-state index contributed by atoms with van der Waals surface area (Å²) in [6, 6.07) is 5.98. The molecular weight excluding hydrogens is 442 g/mol. The van der Waals surface area contributed by atoms with Crippen molar-refractivity contribution in [2.75, 3.05) is 19.6 Å². The third-order valence-electron chi connectivity index (χ3n) is 6.50. The first-order valence-corrected chi connectivity index (χ1v) is 12.4. The van der Waals surface area contributed by atoms with Crippen molar-refractivity contribution < 1.29 is 0 Å². The summed E-state index contributed by atoms with van der Waals surface area (Å²) in [6.45, 7) is 11.1. The van der Waals surface area contributed by atoms with Crippen LogP contribution in [0, 0.1) is 6.92 Å². The van der Waals surface area contributed by atoms with Crippen molar-refractivity contribution in [3.63, 3.8) is 0 Å². The quantitative estimate of drug-likeness (QED) is 0.571. The molecular formula is C31H31N5. The largest absolute Gasteiger partial charge is 0.312 e. The number of hydrogen-bond acceptors (Lipinski definition) is 4. The number of pyridine rings is 1. The van der Waals surface area contributed by atoms with Gasteiger partial charge in [-0.25, -0.2) is 0 Å². The maximum absolute atomic E-state index is 4.93. The van der Waals surface area contributed by atoms with E-state index in [0.717, 1.165) is 76.7 Å². The first kappa shape index (κ1) is 23.6. The summed E-state index contributed by atoms with van der Waals surface area (Å²) in [5.41, 5.74) is 11.5. The number of nitrogens with zero attached hydrogens (tertiary/aromatic N) is 3. The number of rotatable bonds is 4. The molecule has 0 radical (unpaired) electrons. The number of aliphatic imine (C=N–C) groups is 1. The highest BCUT2D eigenvalue weighted by Crippen LogP contribution is 2.29. The van der Waals surface area contributed by atoms with Gasteiger partial charge in [-0.05, 0) is 84.5 Å². The van der Waals surface area contributed by atoms with Crippen molar-refractivity contribution in [3.05, 3.63) is 125 Å². The Labute approximate surface area is 212 Å². The second-order valence-electron chi connectivity index (χ2n) is 9.15. The second-order valence-corrected chi connectivity index (χ2v) is 9.15. The molecule has 0 amide bonds. The molecule has 5 rings (SSSR count). The molecule has 2 aromatic heterocycles. The summed E-state index contributed by atoms with van der Waals surface area (Å²) in [5, 5.41) is 11.0. The maximum Gasteiger partial charge on any atom is 0.118 e. The molecule has 0 saturated carbocycles. The van der Waals surface area contributed by atoms with Crippen molar-refractivity contribution in [3.8, 4) is 11.4 Å². The molecule has 2 N–H and O–H groups in total. The lowest BCUT2D eigenvalue weighted by molar-refractivity contribution is 0.740. The maximum atomic E-state index is 4.93. The van der Waals surface area contributed by atoms with E-state index in [4.69, 9.17) is 4.99 Å². The van der Waals surface area contributed by atoms with Crippen LogP contribution in [-0.4, -0.2) is 40.5 Å². The van der Waals surface area contributed by atoms with Crippen LogP contribution in [0.4, 0.5) is 0 Å². The fraction of sp³-hybridized carbons (Fsp3) is 0.194. The Bertz CT molecular complexity index is 1430. The zero-order valence-electron chi connectivity index (χ0n) is 20.9. The van der Waals surface area contributed by atoms with Gasteiger partial charge in [0, 0.05) is 24.0 Å². The topological polar surface area (TPSA) is 66.0 Å². The number of nitrogens with one attached hydrogen (secondary N) is 2. The molecule has 0 spiro atoms. The zero-order valence-corrected chi connectivity index (χ0v) is 20.9. The van der Waals surface area contributed by atoms with Gasteiger partial charge in [0.05, 0.1) is 18.0 Å². The molecule has 0 atom stereocenters. The Morgan fingerprint density at radius 3 is 2.92 bits per heavy atom. The van der Waals surface area contributed by atoms with E-state index in [1.54, 1.807) is 0 Å². The smallest absolute Gasteiger partial charge is 0.118 e. The molecule has 180 valence electrons. The molecule has 2 bridgehead atoms. The Balaban J connectivity index is 1.43. The van der Waals surface area contributed by atoms with Gasteiger partial charge in [0.1, 0.15) is 5.69 Å². The highest BCUT2D eigenvalue weighted by molar-refractivity contribution is 6.11. The molecule has 0 saturated heterocycles. The molecule has 5 nitrogen and oxygen atoms in total. The zero-order chi connectivity index (χ0) is 24.9. The minimum Gasteiger partial charge on any atom is -0.312 e. The highest BCUT2D eigenvalue weighted by Gasteiger charge is 2.15. The molecule has 2 aromatic rings. The first-order valence-electron chi connectivity index (χ1n) is 12.4. The van der Waals surface area contributed by atoms with Gasteiger partial charge in [-0.2, -0.15) is 5.10 Å². The molecule has 5 heteroatoms. The minimum atomic E-state index is 0.753. The van der Waals surface area contributed by atoms with Crippen molar-refractivity contribution in [2.24, 2.45) is 4.99 Å². The third-order valence-corrected chi connectivity index (χ3v) is 6.50. The van der Waals surface area contributed by atoms with E-state index in [1.165, 1.54) is 11.1 Å². The summed E-state index contributed by atoms with van der Waals surface area (Å²) in [5.74, 6) is 0. The summed E-state index contributed by atoms with van der Waals surface area (Å²) in [7, 11) is 0. The third kappa shape index (κ3) is 5.26. The fourth-order valence-electron chi connectivity index (χ4n) is 4.54. The fourth-order valence-corrected chi connectivity index (χ4v) is 4.54. The predicted octanol–water partition coefficient (Wildman–Crippen LogP) is 6.02. The number of hydrogen-bond donors (Lipinski definition) is 2. The first-order chi connectivity index (χ1) is 17.6. The van der Waals surface area contributed by atoms with Crippen molar-refractivity contribution in [1.29, 1.82) is 0 Å². The van der Waals surface area contributed by atoms with Crippen LogP contribution in [-0.2, 0) is 0 Å². The number of H-pyrrole nitrogens is 1. The van der Waals surface area contributed by atoms with E-state index < -0.39 is 0 Å². The Kier molecular flexibility index (Phi) is 7.01. The number of fused-ring (bicyclic) bond motifs is 1. The van der Waals surface area contributed by atoms with Gasteiger partial charge < -0.3 is 5.32 Å². The Morgan fingerprint density at radius 2 is 2.06 bits per heavy atom. The molecule has 2 aliphatic heterocycles. The lowest BCUT2D eigenvalue weighted by atomic mass is 9.95. The van der Waals surface area contributed by atoms with Gasteiger partial charge >= 0.3 is 0 Å². The van der Waals surface area contributed by atoms with Crippen molar-refractivity contribution >= 4 is 11.3 Å². The second kappa shape index (κ2) is 10.7. The van der Waals surface area contributed by atoms with E-state index in [1.807, 2.05) is 31.3 Å². The number of aromatic amines is 1. The van der Waals surface area contributed by atoms with Crippen LogP contribution >= 0.6 is 0 Å². The summed E-state index contributed by atoms with van der Waals surface area (Å²) in [6.07, 6.45) is 22.2. The van der Waals surface area contributed by atoms with E-state index in [9.17, 15) is 0 Å². The van der Waals surface area contributed by atoms with Crippen LogP contribution in [0.3, 0.4) is 0 Å². The molecule has 3 aliphatic rings. The van der Waals surface area contributed by atoms with E-state index in [2.05, 4.69) is 88.7 Å². The minimum absolute atomic E-state index is 0.753. The monoisotopic (exact) mass is 473 g/mol. The highest BCUT2D eigenvalue weighted by atomic mass is 15.1.